The molecule has 0 fully saturated rings. The number of carbonyl (C=O) groups excluding carboxylic acids is 1. The Balaban J connectivity index is 2.12. The molecule has 1 atom stereocenters. The fraction of sp³-hybridized carbons (Fsp3) is 0.458. The van der Waals surface area contributed by atoms with Crippen LogP contribution >= 0.6 is 0 Å². The molecule has 1 amide bonds. The standard InChI is InChI=1S/C24H29NO6/c1-11(2)19(22(27)28)25-18(26)9-15-12(3)14-8-16-17(24(5,6)7)10-30-20(16)13(4)21(14)31-23(15)29/h8,10-11,19H,9H2,1-7H3,(H,25,26)(H,27,28). The van der Waals surface area contributed by atoms with E-state index in [0.717, 1.165) is 21.9 Å². The van der Waals surface area contributed by atoms with E-state index < -0.39 is 23.5 Å². The third-order valence-electron chi connectivity index (χ3n) is 5.74. The molecule has 0 saturated heterocycles. The number of carboxylic acids is 1. The topological polar surface area (TPSA) is 110 Å². The number of carbonyl (C=O) groups is 2. The van der Waals surface area contributed by atoms with Crippen molar-refractivity contribution in [3.8, 4) is 0 Å². The van der Waals surface area contributed by atoms with Gasteiger partial charge in [-0.3, -0.25) is 4.79 Å². The molecular formula is C24H29NO6. The van der Waals surface area contributed by atoms with Gasteiger partial charge in [0.2, 0.25) is 5.91 Å². The van der Waals surface area contributed by atoms with Gasteiger partial charge in [0, 0.05) is 21.9 Å². The van der Waals surface area contributed by atoms with Crippen molar-refractivity contribution in [3.63, 3.8) is 0 Å². The summed E-state index contributed by atoms with van der Waals surface area (Å²) in [6.07, 6.45) is 1.48. The van der Waals surface area contributed by atoms with Gasteiger partial charge in [-0.15, -0.1) is 0 Å². The maximum Gasteiger partial charge on any atom is 0.340 e. The van der Waals surface area contributed by atoms with Gasteiger partial charge in [0.25, 0.3) is 0 Å². The van der Waals surface area contributed by atoms with Crippen molar-refractivity contribution in [1.29, 1.82) is 0 Å². The summed E-state index contributed by atoms with van der Waals surface area (Å²) < 4.78 is 11.4. The highest BCUT2D eigenvalue weighted by atomic mass is 16.4. The first-order valence-electron chi connectivity index (χ1n) is 10.3. The summed E-state index contributed by atoms with van der Waals surface area (Å²) in [5.74, 6) is -1.94. The molecular weight excluding hydrogens is 398 g/mol. The van der Waals surface area contributed by atoms with Gasteiger partial charge in [-0.1, -0.05) is 34.6 Å². The number of furan rings is 1. The smallest absolute Gasteiger partial charge is 0.340 e. The maximum atomic E-state index is 12.7. The summed E-state index contributed by atoms with van der Waals surface area (Å²) in [5.41, 5.74) is 2.98. The Morgan fingerprint density at radius 1 is 1.10 bits per heavy atom. The average Bonchev–Trinajstić information content (AvgIpc) is 3.08. The predicted molar refractivity (Wildman–Crippen MR) is 119 cm³/mol. The molecule has 0 radical (unpaired) electrons. The molecule has 0 aliphatic carbocycles. The van der Waals surface area contributed by atoms with E-state index in [0.29, 0.717) is 16.7 Å². The monoisotopic (exact) mass is 427 g/mol. The maximum absolute atomic E-state index is 12.7. The molecule has 7 heteroatoms. The lowest BCUT2D eigenvalue weighted by Gasteiger charge is -2.18. The molecule has 2 N–H and O–H groups in total. The molecule has 2 heterocycles. The normalized spacial score (nSPS) is 13.2. The molecule has 2 aromatic heterocycles. The van der Waals surface area contributed by atoms with Crippen molar-refractivity contribution in [2.45, 2.75) is 66.3 Å². The van der Waals surface area contributed by atoms with Crippen molar-refractivity contribution < 1.29 is 23.5 Å². The minimum atomic E-state index is -1.11. The second kappa shape index (κ2) is 7.87. The van der Waals surface area contributed by atoms with Crippen molar-refractivity contribution in [1.82, 2.24) is 5.32 Å². The molecule has 1 aromatic carbocycles. The Bertz CT molecular complexity index is 1240. The lowest BCUT2D eigenvalue weighted by molar-refractivity contribution is -0.143. The van der Waals surface area contributed by atoms with Gasteiger partial charge >= 0.3 is 11.6 Å². The lowest BCUT2D eigenvalue weighted by Crippen LogP contribution is -2.45. The number of benzene rings is 1. The Kier molecular flexibility index (Phi) is 5.74. The van der Waals surface area contributed by atoms with E-state index in [-0.39, 0.29) is 23.3 Å². The highest BCUT2D eigenvalue weighted by Crippen LogP contribution is 2.37. The quantitative estimate of drug-likeness (QED) is 0.590. The minimum absolute atomic E-state index is 0.139. The van der Waals surface area contributed by atoms with E-state index in [2.05, 4.69) is 26.1 Å². The molecule has 0 spiro atoms. The van der Waals surface area contributed by atoms with Crippen LogP contribution in [-0.2, 0) is 21.4 Å². The first-order chi connectivity index (χ1) is 14.3. The number of nitrogens with one attached hydrogen (secondary N) is 1. The second-order valence-electron chi connectivity index (χ2n) is 9.45. The van der Waals surface area contributed by atoms with Crippen LogP contribution in [0.15, 0.2) is 26.0 Å². The van der Waals surface area contributed by atoms with Crippen molar-refractivity contribution in [3.05, 3.63) is 45.0 Å². The van der Waals surface area contributed by atoms with Crippen LogP contribution in [0.3, 0.4) is 0 Å². The number of hydrogen-bond donors (Lipinski definition) is 2. The summed E-state index contributed by atoms with van der Waals surface area (Å²) in [4.78, 5) is 36.6. The minimum Gasteiger partial charge on any atom is -0.480 e. The molecule has 3 aromatic rings. The van der Waals surface area contributed by atoms with E-state index in [9.17, 15) is 19.5 Å². The molecule has 0 bridgehead atoms. The third kappa shape index (κ3) is 4.09. The number of amides is 1. The summed E-state index contributed by atoms with van der Waals surface area (Å²) >= 11 is 0. The number of carboxylic acid groups (broad SMARTS) is 1. The molecule has 166 valence electrons. The molecule has 3 rings (SSSR count). The number of aryl methyl sites for hydroxylation is 2. The van der Waals surface area contributed by atoms with Crippen LogP contribution in [0.4, 0.5) is 0 Å². The van der Waals surface area contributed by atoms with Gasteiger partial charge in [-0.25, -0.2) is 9.59 Å². The zero-order valence-corrected chi connectivity index (χ0v) is 19.0. The Hall–Kier alpha value is -3.09. The van der Waals surface area contributed by atoms with Gasteiger partial charge in [0.15, 0.2) is 0 Å². The van der Waals surface area contributed by atoms with E-state index >= 15 is 0 Å². The predicted octanol–water partition coefficient (Wildman–Crippen LogP) is 4.22. The summed E-state index contributed by atoms with van der Waals surface area (Å²) in [6, 6.07) is 0.915. The fourth-order valence-electron chi connectivity index (χ4n) is 3.88. The van der Waals surface area contributed by atoms with Gasteiger partial charge in [-0.2, -0.15) is 0 Å². The van der Waals surface area contributed by atoms with Crippen LogP contribution in [0.2, 0.25) is 0 Å². The number of hydrogen-bond acceptors (Lipinski definition) is 5. The first-order valence-corrected chi connectivity index (χ1v) is 10.3. The van der Waals surface area contributed by atoms with Crippen LogP contribution in [0.5, 0.6) is 0 Å². The highest BCUT2D eigenvalue weighted by Gasteiger charge is 2.26. The molecule has 31 heavy (non-hydrogen) atoms. The first kappa shape index (κ1) is 22.6. The summed E-state index contributed by atoms with van der Waals surface area (Å²) in [6.45, 7) is 13.3. The third-order valence-corrected chi connectivity index (χ3v) is 5.74. The number of aliphatic carboxylic acids is 1. The molecule has 7 nitrogen and oxygen atoms in total. The van der Waals surface area contributed by atoms with Gasteiger partial charge in [0.05, 0.1) is 18.2 Å². The summed E-state index contributed by atoms with van der Waals surface area (Å²) in [7, 11) is 0. The number of rotatable bonds is 5. The number of fused-ring (bicyclic) bond motifs is 2. The zero-order valence-electron chi connectivity index (χ0n) is 19.0. The van der Waals surface area contributed by atoms with Crippen molar-refractivity contribution in [2.75, 3.05) is 0 Å². The van der Waals surface area contributed by atoms with Crippen LogP contribution in [0, 0.1) is 19.8 Å². The Morgan fingerprint density at radius 2 is 1.74 bits per heavy atom. The highest BCUT2D eigenvalue weighted by molar-refractivity contribution is 6.00. The Labute approximate surface area is 180 Å². The SMILES string of the molecule is Cc1c(CC(=O)NC(C(=O)O)C(C)C)c(=O)oc2c(C)c3occ(C(C)(C)C)c3cc12. The van der Waals surface area contributed by atoms with Gasteiger partial charge in [-0.05, 0) is 36.8 Å². The van der Waals surface area contributed by atoms with Crippen molar-refractivity contribution in [2.24, 2.45) is 5.92 Å². The second-order valence-corrected chi connectivity index (χ2v) is 9.45. The van der Waals surface area contributed by atoms with Gasteiger partial charge < -0.3 is 19.3 Å². The van der Waals surface area contributed by atoms with E-state index in [1.54, 1.807) is 27.0 Å². The Morgan fingerprint density at radius 3 is 2.29 bits per heavy atom. The lowest BCUT2D eigenvalue weighted by atomic mass is 9.86. The van der Waals surface area contributed by atoms with E-state index in [4.69, 9.17) is 8.83 Å². The van der Waals surface area contributed by atoms with Gasteiger partial charge in [0.1, 0.15) is 17.2 Å². The van der Waals surface area contributed by atoms with Crippen LogP contribution in [0.25, 0.3) is 21.9 Å². The largest absolute Gasteiger partial charge is 0.480 e. The molecule has 0 aliphatic rings. The summed E-state index contributed by atoms with van der Waals surface area (Å²) in [5, 5.41) is 13.5. The van der Waals surface area contributed by atoms with Crippen LogP contribution < -0.4 is 10.9 Å². The van der Waals surface area contributed by atoms with E-state index in [1.165, 1.54) is 0 Å². The fourth-order valence-corrected chi connectivity index (χ4v) is 3.88. The average molecular weight is 427 g/mol. The van der Waals surface area contributed by atoms with Crippen LogP contribution in [0.1, 0.15) is 56.9 Å². The van der Waals surface area contributed by atoms with Crippen molar-refractivity contribution >= 4 is 33.8 Å². The molecule has 1 unspecified atom stereocenters. The van der Waals surface area contributed by atoms with E-state index in [1.807, 2.05) is 13.0 Å². The zero-order chi connectivity index (χ0) is 23.2. The molecule has 0 aliphatic heterocycles. The van der Waals surface area contributed by atoms with Crippen LogP contribution in [-0.4, -0.2) is 23.0 Å². The molecule has 0 saturated carbocycles.